The summed E-state index contributed by atoms with van der Waals surface area (Å²) in [4.78, 5) is 3.92. The number of hydrogen-bond donors (Lipinski definition) is 1. The van der Waals surface area contributed by atoms with Crippen LogP contribution in [0.15, 0.2) is 41.0 Å². The van der Waals surface area contributed by atoms with Crippen molar-refractivity contribution in [3.05, 3.63) is 57.8 Å². The Balaban J connectivity index is 2.56. The Morgan fingerprint density at radius 1 is 1.29 bits per heavy atom. The fourth-order valence-electron chi connectivity index (χ4n) is 1.94. The maximum absolute atomic E-state index is 13.1. The zero-order valence-electron chi connectivity index (χ0n) is 10.9. The number of methoxy groups -OCH3 is 1. The molecule has 21 heavy (non-hydrogen) atoms. The molecule has 1 atom stereocenters. The molecule has 0 radical (unpaired) electrons. The second-order valence-electron chi connectivity index (χ2n) is 4.22. The summed E-state index contributed by atoms with van der Waals surface area (Å²) in [6, 6.07) is 6.67. The van der Waals surface area contributed by atoms with E-state index in [1.807, 2.05) is 0 Å². The lowest BCUT2D eigenvalue weighted by Crippen LogP contribution is -2.14. The van der Waals surface area contributed by atoms with Crippen molar-refractivity contribution in [3.8, 4) is 5.75 Å². The lowest BCUT2D eigenvalue weighted by Gasteiger charge is -2.19. The molecular formula is C14H11BrF3NO2. The molecule has 0 spiro atoms. The first-order valence-corrected chi connectivity index (χ1v) is 6.67. The second-order valence-corrected chi connectivity index (χ2v) is 5.14. The lowest BCUT2D eigenvalue weighted by atomic mass is 9.99. The predicted molar refractivity (Wildman–Crippen MR) is 74.0 cm³/mol. The molecule has 2 aromatic rings. The topological polar surface area (TPSA) is 42.4 Å². The minimum Gasteiger partial charge on any atom is -0.495 e. The van der Waals surface area contributed by atoms with Crippen molar-refractivity contribution < 1.29 is 23.0 Å². The molecule has 2 rings (SSSR count). The minimum atomic E-state index is -4.58. The fourth-order valence-corrected chi connectivity index (χ4v) is 2.30. The number of pyridine rings is 1. The van der Waals surface area contributed by atoms with Gasteiger partial charge in [0.05, 0.1) is 12.7 Å². The number of aliphatic hydroxyl groups is 1. The van der Waals surface area contributed by atoms with Crippen molar-refractivity contribution in [2.45, 2.75) is 12.3 Å². The fraction of sp³-hybridized carbons (Fsp3) is 0.214. The van der Waals surface area contributed by atoms with Gasteiger partial charge in [0, 0.05) is 10.7 Å². The normalized spacial score (nSPS) is 13.0. The van der Waals surface area contributed by atoms with Gasteiger partial charge in [-0.1, -0.05) is 22.0 Å². The standard InChI is InChI=1S/C14H11BrF3NO2/c1-21-11-3-2-6-19-12(11)13(20)9-5-4-8(15)7-10(9)14(16,17)18/h2-7,13,20H,1H3. The van der Waals surface area contributed by atoms with Gasteiger partial charge in [-0.3, -0.25) is 4.98 Å². The maximum Gasteiger partial charge on any atom is 0.416 e. The highest BCUT2D eigenvalue weighted by atomic mass is 79.9. The Kier molecular flexibility index (Phi) is 4.53. The van der Waals surface area contributed by atoms with Crippen molar-refractivity contribution in [3.63, 3.8) is 0 Å². The molecule has 1 aromatic heterocycles. The molecule has 0 saturated carbocycles. The Hall–Kier alpha value is -1.60. The summed E-state index contributed by atoms with van der Waals surface area (Å²) in [6.07, 6.45) is -4.74. The number of aliphatic hydroxyl groups excluding tert-OH is 1. The van der Waals surface area contributed by atoms with Crippen LogP contribution in [0.4, 0.5) is 13.2 Å². The van der Waals surface area contributed by atoms with E-state index in [2.05, 4.69) is 20.9 Å². The zero-order valence-corrected chi connectivity index (χ0v) is 12.4. The van der Waals surface area contributed by atoms with Gasteiger partial charge >= 0.3 is 6.18 Å². The van der Waals surface area contributed by atoms with Gasteiger partial charge in [0.25, 0.3) is 0 Å². The summed E-state index contributed by atoms with van der Waals surface area (Å²) in [5.74, 6) is 0.223. The molecule has 7 heteroatoms. The molecule has 112 valence electrons. The second kappa shape index (κ2) is 6.03. The van der Waals surface area contributed by atoms with Gasteiger partial charge in [0.1, 0.15) is 17.5 Å². The van der Waals surface area contributed by atoms with Crippen LogP contribution >= 0.6 is 15.9 Å². The van der Waals surface area contributed by atoms with E-state index >= 15 is 0 Å². The minimum absolute atomic E-state index is 0.0350. The quantitative estimate of drug-likeness (QED) is 0.899. The SMILES string of the molecule is COc1cccnc1C(O)c1ccc(Br)cc1C(F)(F)F. The Morgan fingerprint density at radius 3 is 2.62 bits per heavy atom. The highest BCUT2D eigenvalue weighted by molar-refractivity contribution is 9.10. The van der Waals surface area contributed by atoms with Crippen LogP contribution in [-0.2, 0) is 6.18 Å². The summed E-state index contributed by atoms with van der Waals surface area (Å²) in [6.45, 7) is 0. The number of ether oxygens (including phenoxy) is 1. The van der Waals surface area contributed by atoms with Crippen molar-refractivity contribution in [2.24, 2.45) is 0 Å². The molecule has 1 N–H and O–H groups in total. The molecule has 0 aliphatic heterocycles. The monoisotopic (exact) mass is 361 g/mol. The van der Waals surface area contributed by atoms with Crippen molar-refractivity contribution in [1.29, 1.82) is 0 Å². The van der Waals surface area contributed by atoms with E-state index in [1.54, 1.807) is 6.07 Å². The van der Waals surface area contributed by atoms with Crippen LogP contribution in [0.3, 0.4) is 0 Å². The number of aromatic nitrogens is 1. The van der Waals surface area contributed by atoms with Crippen LogP contribution in [0.1, 0.15) is 22.9 Å². The van der Waals surface area contributed by atoms with Gasteiger partial charge in [-0.2, -0.15) is 13.2 Å². The van der Waals surface area contributed by atoms with Crippen molar-refractivity contribution in [2.75, 3.05) is 7.11 Å². The first kappa shape index (κ1) is 15.8. The lowest BCUT2D eigenvalue weighted by molar-refractivity contribution is -0.139. The van der Waals surface area contributed by atoms with Crippen molar-refractivity contribution in [1.82, 2.24) is 4.98 Å². The van der Waals surface area contributed by atoms with E-state index in [0.717, 1.165) is 6.07 Å². The van der Waals surface area contributed by atoms with E-state index in [-0.39, 0.29) is 21.5 Å². The summed E-state index contributed by atoms with van der Waals surface area (Å²) >= 11 is 3.00. The van der Waals surface area contributed by atoms with Crippen LogP contribution < -0.4 is 4.74 Å². The molecule has 3 nitrogen and oxygen atoms in total. The van der Waals surface area contributed by atoms with E-state index in [9.17, 15) is 18.3 Å². The molecule has 1 aromatic carbocycles. The summed E-state index contributed by atoms with van der Waals surface area (Å²) in [7, 11) is 1.36. The number of benzene rings is 1. The molecule has 1 unspecified atom stereocenters. The van der Waals surface area contributed by atoms with Crippen LogP contribution in [0.25, 0.3) is 0 Å². The van der Waals surface area contributed by atoms with Gasteiger partial charge in [0.2, 0.25) is 0 Å². The average Bonchev–Trinajstić information content (AvgIpc) is 2.45. The third-order valence-electron chi connectivity index (χ3n) is 2.89. The van der Waals surface area contributed by atoms with Crippen LogP contribution in [-0.4, -0.2) is 17.2 Å². The van der Waals surface area contributed by atoms with Gasteiger partial charge < -0.3 is 9.84 Å². The molecule has 0 aliphatic carbocycles. The molecular weight excluding hydrogens is 351 g/mol. The Bertz CT molecular complexity index is 646. The Morgan fingerprint density at radius 2 is 2.00 bits per heavy atom. The molecule has 0 amide bonds. The summed E-state index contributed by atoms with van der Waals surface area (Å²) in [5, 5.41) is 10.3. The molecule has 1 heterocycles. The number of nitrogens with zero attached hydrogens (tertiary/aromatic N) is 1. The van der Waals surface area contributed by atoms with Gasteiger partial charge in [-0.25, -0.2) is 0 Å². The first-order chi connectivity index (χ1) is 9.84. The molecule has 0 fully saturated rings. The number of alkyl halides is 3. The molecule has 0 aliphatic rings. The van der Waals surface area contributed by atoms with Gasteiger partial charge in [-0.15, -0.1) is 0 Å². The van der Waals surface area contributed by atoms with Crippen LogP contribution in [0, 0.1) is 0 Å². The smallest absolute Gasteiger partial charge is 0.416 e. The third kappa shape index (κ3) is 3.36. The molecule has 0 bridgehead atoms. The summed E-state index contributed by atoms with van der Waals surface area (Å²) in [5.41, 5.74) is -1.16. The van der Waals surface area contributed by atoms with E-state index < -0.39 is 17.8 Å². The maximum atomic E-state index is 13.1. The Labute approximate surface area is 127 Å². The van der Waals surface area contributed by atoms with Gasteiger partial charge in [0.15, 0.2) is 0 Å². The highest BCUT2D eigenvalue weighted by Gasteiger charge is 2.36. The van der Waals surface area contributed by atoms with Crippen molar-refractivity contribution >= 4 is 15.9 Å². The number of rotatable bonds is 3. The van der Waals surface area contributed by atoms with E-state index in [0.29, 0.717) is 0 Å². The van der Waals surface area contributed by atoms with Crippen LogP contribution in [0.5, 0.6) is 5.75 Å². The highest BCUT2D eigenvalue weighted by Crippen LogP contribution is 2.39. The molecule has 0 saturated heterocycles. The average molecular weight is 362 g/mol. The largest absolute Gasteiger partial charge is 0.495 e. The number of halogens is 4. The van der Waals surface area contributed by atoms with Gasteiger partial charge in [-0.05, 0) is 29.8 Å². The van der Waals surface area contributed by atoms with E-state index in [4.69, 9.17) is 4.74 Å². The van der Waals surface area contributed by atoms with Crippen LogP contribution in [0.2, 0.25) is 0 Å². The summed E-state index contributed by atoms with van der Waals surface area (Å²) < 4.78 is 44.6. The zero-order chi connectivity index (χ0) is 15.6. The number of hydrogen-bond acceptors (Lipinski definition) is 3. The van der Waals surface area contributed by atoms with E-state index in [1.165, 1.54) is 31.5 Å². The predicted octanol–water partition coefficient (Wildman–Crippen LogP) is 3.95. The third-order valence-corrected chi connectivity index (χ3v) is 3.39. The first-order valence-electron chi connectivity index (χ1n) is 5.88.